The van der Waals surface area contributed by atoms with Crippen molar-refractivity contribution in [2.75, 3.05) is 6.54 Å². The van der Waals surface area contributed by atoms with E-state index in [1.807, 2.05) is 30.3 Å². The SMILES string of the molecule is Cc1cnc([C@@H]2CNC(=O)[C@H]2CC(=O)Cc2cc3ccccc3s2)c(F)c1. The van der Waals surface area contributed by atoms with E-state index in [-0.39, 0.29) is 23.8 Å². The van der Waals surface area contributed by atoms with Gasteiger partial charge in [0, 0.05) is 41.1 Å². The summed E-state index contributed by atoms with van der Waals surface area (Å²) in [6.45, 7) is 2.08. The molecule has 0 radical (unpaired) electrons. The van der Waals surface area contributed by atoms with E-state index in [9.17, 15) is 14.0 Å². The van der Waals surface area contributed by atoms with Gasteiger partial charge in [-0.15, -0.1) is 11.3 Å². The Hall–Kier alpha value is -2.60. The van der Waals surface area contributed by atoms with Crippen LogP contribution < -0.4 is 5.32 Å². The lowest BCUT2D eigenvalue weighted by Gasteiger charge is -2.16. The summed E-state index contributed by atoms with van der Waals surface area (Å²) in [7, 11) is 0. The second-order valence-corrected chi connectivity index (χ2v) is 8.18. The molecule has 3 heterocycles. The zero-order chi connectivity index (χ0) is 19.0. The number of aryl methyl sites for hydroxylation is 1. The lowest BCUT2D eigenvalue weighted by atomic mass is 9.87. The maximum Gasteiger partial charge on any atom is 0.224 e. The molecular formula is C21H19FN2O2S. The van der Waals surface area contributed by atoms with E-state index in [0.717, 1.165) is 20.5 Å². The topological polar surface area (TPSA) is 59.1 Å². The van der Waals surface area contributed by atoms with Crippen LogP contribution in [0.25, 0.3) is 10.1 Å². The number of fused-ring (bicyclic) bond motifs is 1. The van der Waals surface area contributed by atoms with E-state index in [1.54, 1.807) is 24.5 Å². The first kappa shape index (κ1) is 17.8. The summed E-state index contributed by atoms with van der Waals surface area (Å²) in [4.78, 5) is 30.0. The van der Waals surface area contributed by atoms with Crippen molar-refractivity contribution >= 4 is 33.1 Å². The molecule has 1 aliphatic heterocycles. The summed E-state index contributed by atoms with van der Waals surface area (Å²) in [6.07, 6.45) is 1.98. The number of halogens is 1. The number of hydrogen-bond donors (Lipinski definition) is 1. The zero-order valence-electron chi connectivity index (χ0n) is 14.9. The van der Waals surface area contributed by atoms with Crippen LogP contribution in [0.5, 0.6) is 0 Å². The minimum absolute atomic E-state index is 0.0128. The number of amides is 1. The van der Waals surface area contributed by atoms with Gasteiger partial charge in [0.15, 0.2) is 0 Å². The fourth-order valence-corrected chi connectivity index (χ4v) is 4.73. The molecule has 27 heavy (non-hydrogen) atoms. The summed E-state index contributed by atoms with van der Waals surface area (Å²) < 4.78 is 15.5. The van der Waals surface area contributed by atoms with Crippen LogP contribution in [0.2, 0.25) is 0 Å². The van der Waals surface area contributed by atoms with Crippen molar-refractivity contribution in [3.05, 3.63) is 64.5 Å². The van der Waals surface area contributed by atoms with Crippen LogP contribution in [0.4, 0.5) is 4.39 Å². The van der Waals surface area contributed by atoms with Crippen LogP contribution in [-0.4, -0.2) is 23.2 Å². The van der Waals surface area contributed by atoms with E-state index in [4.69, 9.17) is 0 Å². The minimum Gasteiger partial charge on any atom is -0.355 e. The molecule has 6 heteroatoms. The zero-order valence-corrected chi connectivity index (χ0v) is 15.7. The van der Waals surface area contributed by atoms with E-state index in [2.05, 4.69) is 10.3 Å². The van der Waals surface area contributed by atoms with Crippen molar-refractivity contribution in [3.63, 3.8) is 0 Å². The van der Waals surface area contributed by atoms with Crippen molar-refractivity contribution in [1.82, 2.24) is 10.3 Å². The first-order valence-corrected chi connectivity index (χ1v) is 9.72. The molecule has 1 amide bonds. The van der Waals surface area contributed by atoms with Gasteiger partial charge in [0.2, 0.25) is 5.91 Å². The molecule has 1 aliphatic rings. The predicted molar refractivity (Wildman–Crippen MR) is 103 cm³/mol. The molecule has 0 bridgehead atoms. The molecule has 1 fully saturated rings. The summed E-state index contributed by atoms with van der Waals surface area (Å²) in [5.74, 6) is -1.62. The van der Waals surface area contributed by atoms with Gasteiger partial charge in [0.05, 0.1) is 11.6 Å². The van der Waals surface area contributed by atoms with Crippen LogP contribution >= 0.6 is 11.3 Å². The van der Waals surface area contributed by atoms with E-state index in [0.29, 0.717) is 13.0 Å². The third kappa shape index (κ3) is 3.62. The molecule has 4 nitrogen and oxygen atoms in total. The van der Waals surface area contributed by atoms with Gasteiger partial charge in [-0.25, -0.2) is 4.39 Å². The maximum absolute atomic E-state index is 14.3. The maximum atomic E-state index is 14.3. The molecule has 1 N–H and O–H groups in total. The molecule has 1 saturated heterocycles. The van der Waals surface area contributed by atoms with Gasteiger partial charge in [0.1, 0.15) is 11.6 Å². The predicted octanol–water partition coefficient (Wildman–Crippen LogP) is 3.78. The van der Waals surface area contributed by atoms with Gasteiger partial charge in [-0.3, -0.25) is 14.6 Å². The number of carbonyl (C=O) groups excluding carboxylic acids is 2. The van der Waals surface area contributed by atoms with Crippen LogP contribution in [-0.2, 0) is 16.0 Å². The fraction of sp³-hybridized carbons (Fsp3) is 0.286. The number of hydrogen-bond acceptors (Lipinski definition) is 4. The Balaban J connectivity index is 1.50. The Labute approximate surface area is 160 Å². The number of aromatic nitrogens is 1. The van der Waals surface area contributed by atoms with E-state index < -0.39 is 17.7 Å². The van der Waals surface area contributed by atoms with Crippen LogP contribution in [0.15, 0.2) is 42.6 Å². The molecule has 3 aromatic rings. The van der Waals surface area contributed by atoms with Gasteiger partial charge < -0.3 is 5.32 Å². The molecule has 2 atom stereocenters. The largest absolute Gasteiger partial charge is 0.355 e. The molecule has 2 aromatic heterocycles. The third-order valence-corrected chi connectivity index (χ3v) is 6.09. The monoisotopic (exact) mass is 382 g/mol. The average molecular weight is 382 g/mol. The molecule has 0 unspecified atom stereocenters. The van der Waals surface area contributed by atoms with Crippen molar-refractivity contribution in [1.29, 1.82) is 0 Å². The Morgan fingerprint density at radius 2 is 2.15 bits per heavy atom. The average Bonchev–Trinajstić information content (AvgIpc) is 3.18. The van der Waals surface area contributed by atoms with Crippen molar-refractivity contribution in [2.24, 2.45) is 5.92 Å². The summed E-state index contributed by atoms with van der Waals surface area (Å²) in [5, 5.41) is 3.87. The standard InChI is InChI=1S/C21H19FN2O2S/c1-12-6-18(22)20(23-10-12)17-11-24-21(26)16(17)9-14(25)8-15-7-13-4-2-3-5-19(13)27-15/h2-7,10,16-17H,8-9,11H2,1H3,(H,24,26)/t16-,17+/m0/s1. The minimum atomic E-state index is -0.573. The van der Waals surface area contributed by atoms with E-state index in [1.165, 1.54) is 6.07 Å². The molecule has 0 aliphatic carbocycles. The van der Waals surface area contributed by atoms with Crippen molar-refractivity contribution in [2.45, 2.75) is 25.7 Å². The second kappa shape index (κ2) is 7.19. The number of nitrogens with zero attached hydrogens (tertiary/aromatic N) is 1. The van der Waals surface area contributed by atoms with Gasteiger partial charge in [-0.1, -0.05) is 18.2 Å². The van der Waals surface area contributed by atoms with Crippen molar-refractivity contribution < 1.29 is 14.0 Å². The molecule has 4 rings (SSSR count). The van der Waals surface area contributed by atoms with Gasteiger partial charge >= 0.3 is 0 Å². The summed E-state index contributed by atoms with van der Waals surface area (Å²) >= 11 is 1.59. The Morgan fingerprint density at radius 3 is 2.93 bits per heavy atom. The highest BCUT2D eigenvalue weighted by molar-refractivity contribution is 7.19. The quantitative estimate of drug-likeness (QED) is 0.731. The lowest BCUT2D eigenvalue weighted by molar-refractivity contribution is -0.127. The first-order chi connectivity index (χ1) is 13.0. The molecule has 1 aromatic carbocycles. The number of ketones is 1. The Morgan fingerprint density at radius 1 is 1.33 bits per heavy atom. The number of thiophene rings is 1. The molecule has 0 spiro atoms. The highest BCUT2D eigenvalue weighted by atomic mass is 32.1. The normalized spacial score (nSPS) is 19.4. The smallest absolute Gasteiger partial charge is 0.224 e. The van der Waals surface area contributed by atoms with Gasteiger partial charge in [-0.05, 0) is 36.1 Å². The van der Waals surface area contributed by atoms with Crippen LogP contribution in [0.1, 0.15) is 28.5 Å². The summed E-state index contributed by atoms with van der Waals surface area (Å²) in [6, 6.07) is 11.4. The highest BCUT2D eigenvalue weighted by Gasteiger charge is 2.39. The number of benzene rings is 1. The number of nitrogens with one attached hydrogen (secondary N) is 1. The molecular weight excluding hydrogens is 363 g/mol. The number of pyridine rings is 1. The second-order valence-electron chi connectivity index (χ2n) is 7.01. The van der Waals surface area contributed by atoms with Gasteiger partial charge in [-0.2, -0.15) is 0 Å². The van der Waals surface area contributed by atoms with Crippen molar-refractivity contribution in [3.8, 4) is 0 Å². The third-order valence-electron chi connectivity index (χ3n) is 4.97. The molecule has 138 valence electrons. The van der Waals surface area contributed by atoms with Crippen LogP contribution in [0, 0.1) is 18.7 Å². The fourth-order valence-electron chi connectivity index (χ4n) is 3.64. The Bertz CT molecular complexity index is 997. The Kier molecular flexibility index (Phi) is 4.74. The number of Topliss-reactive ketones (excluding diaryl/α,β-unsaturated/α-hetero) is 1. The summed E-state index contributed by atoms with van der Waals surface area (Å²) in [5.41, 5.74) is 0.990. The van der Waals surface area contributed by atoms with Gasteiger partial charge in [0.25, 0.3) is 0 Å². The lowest BCUT2D eigenvalue weighted by Crippen LogP contribution is -2.23. The van der Waals surface area contributed by atoms with E-state index >= 15 is 0 Å². The van der Waals surface area contributed by atoms with Crippen LogP contribution in [0.3, 0.4) is 0 Å². The highest BCUT2D eigenvalue weighted by Crippen LogP contribution is 2.33. The first-order valence-electron chi connectivity index (χ1n) is 8.90. The number of carbonyl (C=O) groups is 2. The number of rotatable bonds is 5. The molecule has 0 saturated carbocycles.